The highest BCUT2D eigenvalue weighted by molar-refractivity contribution is 5.91. The zero-order chi connectivity index (χ0) is 20.5. The maximum absolute atomic E-state index is 12.1. The van der Waals surface area contributed by atoms with E-state index in [4.69, 9.17) is 9.47 Å². The number of hydrogen-bond acceptors (Lipinski definition) is 7. The van der Waals surface area contributed by atoms with Gasteiger partial charge in [0, 0.05) is 19.2 Å². The molecule has 1 aromatic carbocycles. The number of amides is 1. The second-order valence-corrected chi connectivity index (χ2v) is 6.23. The van der Waals surface area contributed by atoms with Crippen molar-refractivity contribution in [2.75, 3.05) is 33.9 Å². The van der Waals surface area contributed by atoms with Gasteiger partial charge in [-0.25, -0.2) is 9.59 Å². The Bertz CT molecular complexity index is 746. The molecule has 8 heteroatoms. The van der Waals surface area contributed by atoms with Crippen LogP contribution in [0.25, 0.3) is 6.08 Å². The number of carbonyl (C=O) groups excluding carboxylic acids is 4. The minimum atomic E-state index is -0.644. The van der Waals surface area contributed by atoms with E-state index in [0.29, 0.717) is 37.1 Å². The molecule has 1 fully saturated rings. The molecule has 0 bridgehead atoms. The van der Waals surface area contributed by atoms with Crippen LogP contribution in [0, 0.1) is 5.92 Å². The van der Waals surface area contributed by atoms with E-state index in [-0.39, 0.29) is 24.4 Å². The van der Waals surface area contributed by atoms with Crippen LogP contribution in [0.2, 0.25) is 0 Å². The molecule has 150 valence electrons. The van der Waals surface area contributed by atoms with Gasteiger partial charge in [-0.15, -0.1) is 0 Å². The normalized spacial score (nSPS) is 14.6. The van der Waals surface area contributed by atoms with E-state index in [2.05, 4.69) is 4.74 Å². The second kappa shape index (κ2) is 10.2. The SMILES string of the molecule is COC(=O)c1ccc(/C=C/C(=O)OCC(=O)N2CCC(C(=O)OC)CC2)cc1. The third kappa shape index (κ3) is 5.94. The number of ether oxygens (including phenoxy) is 3. The molecule has 1 aliphatic heterocycles. The minimum absolute atomic E-state index is 0.190. The van der Waals surface area contributed by atoms with E-state index in [1.165, 1.54) is 26.4 Å². The smallest absolute Gasteiger partial charge is 0.337 e. The molecule has 1 heterocycles. The molecular weight excluding hydrogens is 366 g/mol. The number of piperidine rings is 1. The second-order valence-electron chi connectivity index (χ2n) is 6.23. The van der Waals surface area contributed by atoms with Gasteiger partial charge in [-0.3, -0.25) is 9.59 Å². The highest BCUT2D eigenvalue weighted by Gasteiger charge is 2.28. The van der Waals surface area contributed by atoms with Crippen molar-refractivity contribution >= 4 is 29.9 Å². The van der Waals surface area contributed by atoms with Gasteiger partial charge in [-0.2, -0.15) is 0 Å². The van der Waals surface area contributed by atoms with Crippen LogP contribution in [0.4, 0.5) is 0 Å². The van der Waals surface area contributed by atoms with Crippen molar-refractivity contribution in [3.63, 3.8) is 0 Å². The third-order valence-electron chi connectivity index (χ3n) is 4.46. The molecule has 8 nitrogen and oxygen atoms in total. The van der Waals surface area contributed by atoms with Crippen molar-refractivity contribution in [3.05, 3.63) is 41.5 Å². The molecule has 0 N–H and O–H groups in total. The lowest BCUT2D eigenvalue weighted by Gasteiger charge is -2.30. The topological polar surface area (TPSA) is 99.2 Å². The van der Waals surface area contributed by atoms with E-state index in [1.54, 1.807) is 29.2 Å². The van der Waals surface area contributed by atoms with Crippen LogP contribution in [0.3, 0.4) is 0 Å². The van der Waals surface area contributed by atoms with E-state index < -0.39 is 11.9 Å². The van der Waals surface area contributed by atoms with Crippen LogP contribution in [0.15, 0.2) is 30.3 Å². The van der Waals surface area contributed by atoms with Crippen molar-refractivity contribution in [2.45, 2.75) is 12.8 Å². The van der Waals surface area contributed by atoms with Crippen LogP contribution in [0.1, 0.15) is 28.8 Å². The summed E-state index contributed by atoms with van der Waals surface area (Å²) in [6.07, 6.45) is 3.81. The molecule has 0 atom stereocenters. The van der Waals surface area contributed by atoms with Crippen molar-refractivity contribution in [3.8, 4) is 0 Å². The number of benzene rings is 1. The maximum atomic E-state index is 12.1. The molecule has 0 radical (unpaired) electrons. The van der Waals surface area contributed by atoms with Crippen LogP contribution in [-0.4, -0.2) is 62.6 Å². The Morgan fingerprint density at radius 3 is 2.25 bits per heavy atom. The Kier molecular flexibility index (Phi) is 7.74. The number of rotatable bonds is 6. The average Bonchev–Trinajstić information content (AvgIpc) is 2.75. The first-order valence-corrected chi connectivity index (χ1v) is 8.83. The minimum Gasteiger partial charge on any atom is -0.469 e. The van der Waals surface area contributed by atoms with E-state index in [1.807, 2.05) is 0 Å². The Balaban J connectivity index is 1.76. The average molecular weight is 389 g/mol. The lowest BCUT2D eigenvalue weighted by molar-refractivity contribution is -0.151. The summed E-state index contributed by atoms with van der Waals surface area (Å²) in [6.45, 7) is 0.504. The molecule has 1 aliphatic rings. The van der Waals surface area contributed by atoms with Gasteiger partial charge in [0.2, 0.25) is 0 Å². The predicted octanol–water partition coefficient (Wildman–Crippen LogP) is 1.44. The standard InChI is InChI=1S/C20H23NO7/c1-26-19(24)15-6-3-14(4-7-15)5-8-18(23)28-13-17(22)21-11-9-16(10-12-21)20(25)27-2/h3-8,16H,9-13H2,1-2H3/b8-5+. The Labute approximate surface area is 163 Å². The van der Waals surface area contributed by atoms with Crippen molar-refractivity contribution in [2.24, 2.45) is 5.92 Å². The van der Waals surface area contributed by atoms with Crippen LogP contribution < -0.4 is 0 Å². The monoisotopic (exact) mass is 389 g/mol. The number of esters is 3. The molecule has 0 aromatic heterocycles. The Hall–Kier alpha value is -3.16. The van der Waals surface area contributed by atoms with Gasteiger partial charge < -0.3 is 19.1 Å². The highest BCUT2D eigenvalue weighted by atomic mass is 16.5. The largest absolute Gasteiger partial charge is 0.469 e. The molecule has 0 saturated carbocycles. The van der Waals surface area contributed by atoms with Crippen LogP contribution in [0.5, 0.6) is 0 Å². The fourth-order valence-corrected chi connectivity index (χ4v) is 2.82. The Morgan fingerprint density at radius 1 is 1.04 bits per heavy atom. The predicted molar refractivity (Wildman–Crippen MR) is 99.1 cm³/mol. The fraction of sp³-hybridized carbons (Fsp3) is 0.400. The molecule has 1 aromatic rings. The molecular formula is C20H23NO7. The van der Waals surface area contributed by atoms with Crippen molar-refractivity contribution < 1.29 is 33.4 Å². The molecule has 28 heavy (non-hydrogen) atoms. The van der Waals surface area contributed by atoms with E-state index in [0.717, 1.165) is 0 Å². The molecule has 2 rings (SSSR count). The quantitative estimate of drug-likeness (QED) is 0.412. The number of hydrogen-bond donors (Lipinski definition) is 0. The van der Waals surface area contributed by atoms with Gasteiger partial charge in [0.1, 0.15) is 0 Å². The van der Waals surface area contributed by atoms with E-state index >= 15 is 0 Å². The summed E-state index contributed by atoms with van der Waals surface area (Å²) in [7, 11) is 2.65. The van der Waals surface area contributed by atoms with Gasteiger partial charge in [-0.1, -0.05) is 12.1 Å². The van der Waals surface area contributed by atoms with Crippen molar-refractivity contribution in [1.29, 1.82) is 0 Å². The first-order chi connectivity index (χ1) is 13.4. The molecule has 1 saturated heterocycles. The number of nitrogens with zero attached hydrogens (tertiary/aromatic N) is 1. The van der Waals surface area contributed by atoms with Gasteiger partial charge >= 0.3 is 17.9 Å². The zero-order valence-electron chi connectivity index (χ0n) is 15.9. The highest BCUT2D eigenvalue weighted by Crippen LogP contribution is 2.18. The first-order valence-electron chi connectivity index (χ1n) is 8.83. The summed E-state index contributed by atoms with van der Waals surface area (Å²) < 4.78 is 14.3. The lowest BCUT2D eigenvalue weighted by Crippen LogP contribution is -2.42. The van der Waals surface area contributed by atoms with Gasteiger partial charge in [-0.05, 0) is 36.6 Å². The summed E-state index contributed by atoms with van der Waals surface area (Å²) >= 11 is 0. The van der Waals surface area contributed by atoms with E-state index in [9.17, 15) is 19.2 Å². The molecule has 0 aliphatic carbocycles. The third-order valence-corrected chi connectivity index (χ3v) is 4.46. The number of methoxy groups -OCH3 is 2. The summed E-state index contributed by atoms with van der Waals surface area (Å²) in [4.78, 5) is 48.3. The molecule has 0 spiro atoms. The summed E-state index contributed by atoms with van der Waals surface area (Å²) in [5.41, 5.74) is 1.10. The fourth-order valence-electron chi connectivity index (χ4n) is 2.82. The van der Waals surface area contributed by atoms with Crippen molar-refractivity contribution in [1.82, 2.24) is 4.90 Å². The lowest BCUT2D eigenvalue weighted by atomic mass is 9.97. The Morgan fingerprint density at radius 2 is 1.68 bits per heavy atom. The van der Waals surface area contributed by atoms with Crippen LogP contribution >= 0.6 is 0 Å². The first kappa shape index (κ1) is 21.1. The summed E-state index contributed by atoms with van der Waals surface area (Å²) in [6, 6.07) is 6.48. The van der Waals surface area contributed by atoms with Gasteiger partial charge in [0.15, 0.2) is 6.61 Å². The number of likely N-dealkylation sites (tertiary alicyclic amines) is 1. The zero-order valence-corrected chi connectivity index (χ0v) is 15.9. The molecule has 0 unspecified atom stereocenters. The molecule has 1 amide bonds. The number of carbonyl (C=O) groups is 4. The van der Waals surface area contributed by atoms with Gasteiger partial charge in [0.05, 0.1) is 25.7 Å². The maximum Gasteiger partial charge on any atom is 0.337 e. The summed E-state index contributed by atoms with van der Waals surface area (Å²) in [5, 5.41) is 0. The van der Waals surface area contributed by atoms with Gasteiger partial charge in [0.25, 0.3) is 5.91 Å². The van der Waals surface area contributed by atoms with Crippen LogP contribution in [-0.2, 0) is 28.6 Å². The summed E-state index contributed by atoms with van der Waals surface area (Å²) in [5.74, 6) is -1.83.